The number of hydrogen-bond acceptors (Lipinski definition) is 4. The highest BCUT2D eigenvalue weighted by Gasteiger charge is 2.06. The van der Waals surface area contributed by atoms with Crippen molar-refractivity contribution in [2.45, 2.75) is 6.54 Å². The number of aromatic nitrogens is 3. The molecule has 0 aliphatic rings. The predicted octanol–water partition coefficient (Wildman–Crippen LogP) is 1.78. The van der Waals surface area contributed by atoms with Crippen LogP contribution in [0.4, 0.5) is 5.82 Å². The maximum absolute atomic E-state index is 11.1. The van der Waals surface area contributed by atoms with E-state index >= 15 is 0 Å². The summed E-state index contributed by atoms with van der Waals surface area (Å²) in [4.78, 5) is 15.1. The number of nitrogen functional groups attached to an aromatic ring is 1. The van der Waals surface area contributed by atoms with Gasteiger partial charge in [0.2, 0.25) is 5.91 Å². The van der Waals surface area contributed by atoms with Gasteiger partial charge in [0.15, 0.2) is 5.82 Å². The third kappa shape index (κ3) is 2.67. The lowest BCUT2D eigenvalue weighted by Crippen LogP contribution is -2.19. The minimum atomic E-state index is -0.184. The smallest absolute Gasteiger partial charge is 0.243 e. The van der Waals surface area contributed by atoms with Crippen LogP contribution in [-0.4, -0.2) is 20.5 Å². The fourth-order valence-corrected chi connectivity index (χ4v) is 2.18. The number of hydrogen-bond donors (Lipinski definition) is 2. The summed E-state index contributed by atoms with van der Waals surface area (Å²) >= 11 is 0. The molecular weight excluding hydrogens is 278 g/mol. The minimum Gasteiger partial charge on any atom is -0.382 e. The normalized spacial score (nSPS) is 10.5. The van der Waals surface area contributed by atoms with Crippen molar-refractivity contribution >= 4 is 17.2 Å². The summed E-state index contributed by atoms with van der Waals surface area (Å²) in [7, 11) is 0. The van der Waals surface area contributed by atoms with Gasteiger partial charge in [-0.1, -0.05) is 30.8 Å². The van der Waals surface area contributed by atoms with Crippen LogP contribution in [-0.2, 0) is 11.3 Å². The summed E-state index contributed by atoms with van der Waals surface area (Å²) in [6.45, 7) is 3.89. The largest absolute Gasteiger partial charge is 0.382 e. The summed E-state index contributed by atoms with van der Waals surface area (Å²) in [5.74, 6) is 0.266. The number of carbonyl (C=O) groups is 1. The van der Waals surface area contributed by atoms with E-state index < -0.39 is 0 Å². The van der Waals surface area contributed by atoms with Crippen molar-refractivity contribution in [2.75, 3.05) is 5.73 Å². The first kappa shape index (κ1) is 13.8. The molecule has 0 radical (unpaired) electrons. The van der Waals surface area contributed by atoms with E-state index in [0.29, 0.717) is 12.4 Å². The lowest BCUT2D eigenvalue weighted by atomic mass is 10.1. The van der Waals surface area contributed by atoms with Gasteiger partial charge in [0.05, 0.1) is 0 Å². The van der Waals surface area contributed by atoms with E-state index in [1.807, 2.05) is 36.5 Å². The molecule has 22 heavy (non-hydrogen) atoms. The molecule has 0 spiro atoms. The Kier molecular flexibility index (Phi) is 3.57. The highest BCUT2D eigenvalue weighted by Crippen LogP contribution is 2.24. The molecule has 6 nitrogen and oxygen atoms in total. The Labute approximate surface area is 127 Å². The molecule has 1 amide bonds. The van der Waals surface area contributed by atoms with Crippen LogP contribution >= 0.6 is 0 Å². The van der Waals surface area contributed by atoms with Crippen molar-refractivity contribution in [3.63, 3.8) is 0 Å². The number of nitrogens with zero attached hydrogens (tertiary/aromatic N) is 3. The second-order valence-electron chi connectivity index (χ2n) is 4.82. The topological polar surface area (TPSA) is 85.3 Å². The minimum absolute atomic E-state index is 0.184. The van der Waals surface area contributed by atoms with Gasteiger partial charge < -0.3 is 11.1 Å². The van der Waals surface area contributed by atoms with Crippen LogP contribution in [0.2, 0.25) is 0 Å². The Balaban J connectivity index is 1.83. The zero-order valence-corrected chi connectivity index (χ0v) is 11.9. The van der Waals surface area contributed by atoms with Crippen LogP contribution < -0.4 is 11.1 Å². The first-order chi connectivity index (χ1) is 10.7. The first-order valence-corrected chi connectivity index (χ1v) is 6.76. The molecule has 0 aliphatic heterocycles. The van der Waals surface area contributed by atoms with Gasteiger partial charge in [0.1, 0.15) is 11.8 Å². The van der Waals surface area contributed by atoms with Crippen molar-refractivity contribution in [1.82, 2.24) is 19.9 Å². The van der Waals surface area contributed by atoms with E-state index in [1.165, 1.54) is 12.4 Å². The monoisotopic (exact) mass is 293 g/mol. The summed E-state index contributed by atoms with van der Waals surface area (Å²) < 4.78 is 1.70. The maximum atomic E-state index is 11.1. The highest BCUT2D eigenvalue weighted by molar-refractivity contribution is 5.86. The van der Waals surface area contributed by atoms with Gasteiger partial charge in [-0.25, -0.2) is 9.50 Å². The molecule has 1 aromatic carbocycles. The van der Waals surface area contributed by atoms with Gasteiger partial charge in [0, 0.05) is 18.3 Å². The molecule has 0 fully saturated rings. The second kappa shape index (κ2) is 5.69. The van der Waals surface area contributed by atoms with Crippen molar-refractivity contribution in [3.05, 3.63) is 61.1 Å². The molecule has 2 heterocycles. The van der Waals surface area contributed by atoms with Crippen LogP contribution in [0.3, 0.4) is 0 Å². The zero-order valence-electron chi connectivity index (χ0n) is 11.9. The van der Waals surface area contributed by atoms with Crippen molar-refractivity contribution in [1.29, 1.82) is 0 Å². The predicted molar refractivity (Wildman–Crippen MR) is 84.9 cm³/mol. The number of rotatable bonds is 4. The Bertz CT molecular complexity index is 835. The third-order valence-corrected chi connectivity index (χ3v) is 3.38. The fourth-order valence-electron chi connectivity index (χ4n) is 2.18. The van der Waals surface area contributed by atoms with Gasteiger partial charge >= 0.3 is 0 Å². The first-order valence-electron chi connectivity index (χ1n) is 6.76. The number of amides is 1. The summed E-state index contributed by atoms with van der Waals surface area (Å²) in [6.07, 6.45) is 4.59. The van der Waals surface area contributed by atoms with Gasteiger partial charge in [-0.2, -0.15) is 5.10 Å². The second-order valence-corrected chi connectivity index (χ2v) is 4.82. The summed E-state index contributed by atoms with van der Waals surface area (Å²) in [5, 5.41) is 6.87. The van der Waals surface area contributed by atoms with E-state index in [1.54, 1.807) is 4.52 Å². The van der Waals surface area contributed by atoms with Crippen LogP contribution in [0.5, 0.6) is 0 Å². The molecule has 0 aliphatic carbocycles. The van der Waals surface area contributed by atoms with Gasteiger partial charge in [-0.05, 0) is 23.3 Å². The molecule has 110 valence electrons. The zero-order chi connectivity index (χ0) is 15.5. The molecule has 0 unspecified atom stereocenters. The summed E-state index contributed by atoms with van der Waals surface area (Å²) in [5.41, 5.74) is 9.68. The molecule has 0 atom stereocenters. The van der Waals surface area contributed by atoms with Crippen LogP contribution in [0.25, 0.3) is 16.6 Å². The van der Waals surface area contributed by atoms with E-state index in [9.17, 15) is 4.79 Å². The molecule has 6 heteroatoms. The molecule has 2 aromatic heterocycles. The van der Waals surface area contributed by atoms with E-state index in [0.717, 1.165) is 22.2 Å². The summed E-state index contributed by atoms with van der Waals surface area (Å²) in [6, 6.07) is 9.87. The third-order valence-electron chi connectivity index (χ3n) is 3.38. The van der Waals surface area contributed by atoms with Crippen molar-refractivity contribution in [2.24, 2.45) is 0 Å². The highest BCUT2D eigenvalue weighted by atomic mass is 16.1. The van der Waals surface area contributed by atoms with Gasteiger partial charge in [-0.3, -0.25) is 4.79 Å². The van der Waals surface area contributed by atoms with E-state index in [-0.39, 0.29) is 5.91 Å². The van der Waals surface area contributed by atoms with Gasteiger partial charge in [-0.15, -0.1) is 0 Å². The van der Waals surface area contributed by atoms with Crippen LogP contribution in [0, 0.1) is 0 Å². The molecule has 3 N–H and O–H groups in total. The lowest BCUT2D eigenvalue weighted by Gasteiger charge is -2.04. The molecule has 3 aromatic rings. The fraction of sp³-hybridized carbons (Fsp3) is 0.0625. The van der Waals surface area contributed by atoms with Gasteiger partial charge in [0.25, 0.3) is 0 Å². The molecule has 0 bridgehead atoms. The Morgan fingerprint density at radius 1 is 1.32 bits per heavy atom. The number of nitrogens with two attached hydrogens (primary N) is 1. The standard InChI is InChI=1S/C16H15N5O/c1-2-15(22)18-8-11-3-5-12(6-4-11)13-7-14-16(17)19-10-20-21(14)9-13/h2-7,9-10H,1,8H2,(H,18,22)(H2,17,19,20). The molecular formula is C16H15N5O. The number of nitrogens with one attached hydrogen (secondary N) is 1. The average Bonchev–Trinajstić information content (AvgIpc) is 2.98. The van der Waals surface area contributed by atoms with E-state index in [2.05, 4.69) is 22.0 Å². The van der Waals surface area contributed by atoms with Crippen LogP contribution in [0.1, 0.15) is 5.56 Å². The number of benzene rings is 1. The Morgan fingerprint density at radius 2 is 2.09 bits per heavy atom. The van der Waals surface area contributed by atoms with Crippen molar-refractivity contribution < 1.29 is 4.79 Å². The number of anilines is 1. The SMILES string of the molecule is C=CC(=O)NCc1ccc(-c2cc3c(N)ncnn3c2)cc1. The lowest BCUT2D eigenvalue weighted by molar-refractivity contribution is -0.116. The molecule has 0 saturated heterocycles. The van der Waals surface area contributed by atoms with Crippen LogP contribution in [0.15, 0.2) is 55.5 Å². The number of fused-ring (bicyclic) bond motifs is 1. The maximum Gasteiger partial charge on any atom is 0.243 e. The van der Waals surface area contributed by atoms with E-state index in [4.69, 9.17) is 5.73 Å². The Morgan fingerprint density at radius 3 is 2.77 bits per heavy atom. The molecule has 0 saturated carbocycles. The number of carbonyl (C=O) groups excluding carboxylic acids is 1. The average molecular weight is 293 g/mol. The Hall–Kier alpha value is -3.15. The quantitative estimate of drug-likeness (QED) is 0.718. The molecule has 3 rings (SSSR count). The van der Waals surface area contributed by atoms with Crippen molar-refractivity contribution in [3.8, 4) is 11.1 Å².